The molecule has 3 aromatic carbocycles. The molecule has 0 spiro atoms. The number of rotatable bonds is 9. The number of thioether (sulfide) groups is 1. The summed E-state index contributed by atoms with van der Waals surface area (Å²) in [6.45, 7) is 0.178. The normalized spacial score (nSPS) is 11.0. The Morgan fingerprint density at radius 1 is 1.06 bits per heavy atom. The monoisotopic (exact) mass is 474 g/mol. The second-order valence-corrected chi connectivity index (χ2v) is 8.26. The second-order valence-electron chi connectivity index (χ2n) is 7.31. The molecule has 8 heteroatoms. The molecular weight excluding hydrogens is 451 g/mol. The van der Waals surface area contributed by atoms with Crippen molar-refractivity contribution in [3.05, 3.63) is 108 Å². The standard InChI is InChI=1S/C26H23FN4O2S/c1-33-23-13-11-22(12-14-23)31-24(29-30-26(31)34-18-20-6-3-2-4-7-20)17-28-25(32)15-10-19-8-5-9-21(27)16-19/h2-16H,17-18H2,1H3,(H,28,32)/b15-10+. The van der Waals surface area contributed by atoms with E-state index in [1.54, 1.807) is 37.1 Å². The number of aromatic nitrogens is 3. The first-order valence-corrected chi connectivity index (χ1v) is 11.6. The minimum Gasteiger partial charge on any atom is -0.497 e. The lowest BCUT2D eigenvalue weighted by atomic mass is 10.2. The van der Waals surface area contributed by atoms with Gasteiger partial charge in [0.1, 0.15) is 11.6 Å². The van der Waals surface area contributed by atoms with Gasteiger partial charge < -0.3 is 10.1 Å². The van der Waals surface area contributed by atoms with Crippen LogP contribution in [0.1, 0.15) is 17.0 Å². The molecule has 0 aliphatic heterocycles. The number of hydrogen-bond donors (Lipinski definition) is 1. The van der Waals surface area contributed by atoms with Crippen LogP contribution in [0.25, 0.3) is 11.8 Å². The van der Waals surface area contributed by atoms with Gasteiger partial charge in [0.05, 0.1) is 13.7 Å². The van der Waals surface area contributed by atoms with E-state index >= 15 is 0 Å². The summed E-state index contributed by atoms with van der Waals surface area (Å²) in [5, 5.41) is 12.2. The molecule has 0 aliphatic carbocycles. The maximum absolute atomic E-state index is 13.3. The van der Waals surface area contributed by atoms with Crippen molar-refractivity contribution in [1.29, 1.82) is 0 Å². The molecule has 1 amide bonds. The molecule has 4 rings (SSSR count). The number of nitrogens with one attached hydrogen (secondary N) is 1. The van der Waals surface area contributed by atoms with Gasteiger partial charge >= 0.3 is 0 Å². The quantitative estimate of drug-likeness (QED) is 0.272. The Morgan fingerprint density at radius 2 is 1.85 bits per heavy atom. The number of carbonyl (C=O) groups excluding carboxylic acids is 1. The molecule has 34 heavy (non-hydrogen) atoms. The van der Waals surface area contributed by atoms with Crippen LogP contribution < -0.4 is 10.1 Å². The molecule has 1 heterocycles. The fourth-order valence-corrected chi connectivity index (χ4v) is 4.15. The van der Waals surface area contributed by atoms with Gasteiger partial charge in [-0.15, -0.1) is 10.2 Å². The molecular formula is C26H23FN4O2S. The van der Waals surface area contributed by atoms with Crippen LogP contribution in [0.3, 0.4) is 0 Å². The summed E-state index contributed by atoms with van der Waals surface area (Å²) in [5.41, 5.74) is 2.64. The summed E-state index contributed by atoms with van der Waals surface area (Å²) in [5.74, 6) is 1.40. The van der Waals surface area contributed by atoms with Crippen molar-refractivity contribution >= 4 is 23.7 Å². The minimum atomic E-state index is -0.351. The molecule has 1 aromatic heterocycles. The highest BCUT2D eigenvalue weighted by Crippen LogP contribution is 2.26. The Bertz CT molecular complexity index is 1270. The lowest BCUT2D eigenvalue weighted by Gasteiger charge is -2.11. The Hall–Kier alpha value is -3.91. The number of hydrogen-bond acceptors (Lipinski definition) is 5. The summed E-state index contributed by atoms with van der Waals surface area (Å²) in [4.78, 5) is 12.4. The molecule has 0 bridgehead atoms. The van der Waals surface area contributed by atoms with Gasteiger partial charge in [-0.05, 0) is 53.6 Å². The minimum absolute atomic E-state index is 0.178. The number of benzene rings is 3. The van der Waals surface area contributed by atoms with Crippen LogP contribution in [0.15, 0.2) is 90.1 Å². The first-order valence-electron chi connectivity index (χ1n) is 10.6. The third-order valence-corrected chi connectivity index (χ3v) is 5.94. The van der Waals surface area contributed by atoms with Crippen molar-refractivity contribution in [2.45, 2.75) is 17.5 Å². The van der Waals surface area contributed by atoms with E-state index in [2.05, 4.69) is 27.6 Å². The van der Waals surface area contributed by atoms with Gasteiger partial charge in [-0.2, -0.15) is 0 Å². The number of nitrogens with zero attached hydrogens (tertiary/aromatic N) is 3. The van der Waals surface area contributed by atoms with Crippen molar-refractivity contribution < 1.29 is 13.9 Å². The number of amides is 1. The molecule has 0 saturated heterocycles. The number of halogens is 1. The number of ether oxygens (including phenoxy) is 1. The van der Waals surface area contributed by atoms with Crippen molar-refractivity contribution in [3.63, 3.8) is 0 Å². The second kappa shape index (κ2) is 11.3. The summed E-state index contributed by atoms with van der Waals surface area (Å²) in [6, 6.07) is 23.7. The van der Waals surface area contributed by atoms with Crippen LogP contribution in [0.4, 0.5) is 4.39 Å². The summed E-state index contributed by atoms with van der Waals surface area (Å²) in [6.07, 6.45) is 2.93. The molecule has 0 aliphatic rings. The van der Waals surface area contributed by atoms with E-state index in [-0.39, 0.29) is 18.3 Å². The Morgan fingerprint density at radius 3 is 2.59 bits per heavy atom. The molecule has 1 N–H and O–H groups in total. The third-order valence-electron chi connectivity index (χ3n) is 4.94. The zero-order valence-electron chi connectivity index (χ0n) is 18.5. The van der Waals surface area contributed by atoms with Crippen LogP contribution in [0.5, 0.6) is 5.75 Å². The van der Waals surface area contributed by atoms with Crippen molar-refractivity contribution in [2.24, 2.45) is 0 Å². The highest BCUT2D eigenvalue weighted by molar-refractivity contribution is 7.98. The Labute approximate surface area is 201 Å². The van der Waals surface area contributed by atoms with Crippen molar-refractivity contribution in [3.8, 4) is 11.4 Å². The molecule has 6 nitrogen and oxygen atoms in total. The van der Waals surface area contributed by atoms with Gasteiger partial charge in [-0.25, -0.2) is 4.39 Å². The zero-order chi connectivity index (χ0) is 23.8. The molecule has 0 unspecified atom stereocenters. The molecule has 4 aromatic rings. The summed E-state index contributed by atoms with van der Waals surface area (Å²) in [7, 11) is 1.62. The van der Waals surface area contributed by atoms with Crippen LogP contribution in [0, 0.1) is 5.82 Å². The highest BCUT2D eigenvalue weighted by Gasteiger charge is 2.15. The Kier molecular flexibility index (Phi) is 7.72. The molecule has 0 fully saturated rings. The lowest BCUT2D eigenvalue weighted by Crippen LogP contribution is -2.22. The average Bonchev–Trinajstić information content (AvgIpc) is 3.28. The molecule has 0 atom stereocenters. The van der Waals surface area contributed by atoms with Gasteiger partial charge in [0.15, 0.2) is 11.0 Å². The van der Waals surface area contributed by atoms with E-state index in [0.29, 0.717) is 16.5 Å². The Balaban J connectivity index is 1.51. The van der Waals surface area contributed by atoms with Crippen LogP contribution in [-0.2, 0) is 17.1 Å². The van der Waals surface area contributed by atoms with E-state index < -0.39 is 0 Å². The smallest absolute Gasteiger partial charge is 0.244 e. The van der Waals surface area contributed by atoms with Gasteiger partial charge in [0, 0.05) is 17.5 Å². The largest absolute Gasteiger partial charge is 0.497 e. The van der Waals surface area contributed by atoms with Crippen LogP contribution >= 0.6 is 11.8 Å². The maximum Gasteiger partial charge on any atom is 0.244 e. The van der Waals surface area contributed by atoms with E-state index in [0.717, 1.165) is 17.2 Å². The van der Waals surface area contributed by atoms with Gasteiger partial charge in [-0.3, -0.25) is 9.36 Å². The predicted molar refractivity (Wildman–Crippen MR) is 131 cm³/mol. The van der Waals surface area contributed by atoms with Gasteiger partial charge in [-0.1, -0.05) is 54.2 Å². The van der Waals surface area contributed by atoms with E-state index in [1.807, 2.05) is 47.0 Å². The molecule has 172 valence electrons. The SMILES string of the molecule is COc1ccc(-n2c(CNC(=O)/C=C/c3cccc(F)c3)nnc2SCc2ccccc2)cc1. The predicted octanol–water partition coefficient (Wildman–Crippen LogP) is 5.04. The fourth-order valence-electron chi connectivity index (χ4n) is 3.23. The van der Waals surface area contributed by atoms with E-state index in [4.69, 9.17) is 4.74 Å². The lowest BCUT2D eigenvalue weighted by molar-refractivity contribution is -0.116. The third kappa shape index (κ3) is 6.11. The van der Waals surface area contributed by atoms with Gasteiger partial charge in [0.2, 0.25) is 5.91 Å². The van der Waals surface area contributed by atoms with Crippen molar-refractivity contribution in [1.82, 2.24) is 20.1 Å². The van der Waals surface area contributed by atoms with Crippen LogP contribution in [0.2, 0.25) is 0 Å². The number of methoxy groups -OCH3 is 1. The first-order chi connectivity index (χ1) is 16.6. The van der Waals surface area contributed by atoms with Crippen molar-refractivity contribution in [2.75, 3.05) is 7.11 Å². The topological polar surface area (TPSA) is 69.0 Å². The van der Waals surface area contributed by atoms with E-state index in [1.165, 1.54) is 23.8 Å². The number of carbonyl (C=O) groups is 1. The van der Waals surface area contributed by atoms with E-state index in [9.17, 15) is 9.18 Å². The molecule has 0 radical (unpaired) electrons. The highest BCUT2D eigenvalue weighted by atomic mass is 32.2. The first kappa shape index (κ1) is 23.3. The summed E-state index contributed by atoms with van der Waals surface area (Å²) >= 11 is 1.56. The van der Waals surface area contributed by atoms with Gasteiger partial charge in [0.25, 0.3) is 0 Å². The average molecular weight is 475 g/mol. The fraction of sp³-hybridized carbons (Fsp3) is 0.115. The summed E-state index contributed by atoms with van der Waals surface area (Å²) < 4.78 is 20.5. The molecule has 0 saturated carbocycles. The zero-order valence-corrected chi connectivity index (χ0v) is 19.3. The maximum atomic E-state index is 13.3. The van der Waals surface area contributed by atoms with Crippen LogP contribution in [-0.4, -0.2) is 27.8 Å².